The van der Waals surface area contributed by atoms with Gasteiger partial charge in [-0.3, -0.25) is 4.90 Å². The third-order valence-corrected chi connectivity index (χ3v) is 3.27. The Morgan fingerprint density at radius 1 is 1.27 bits per heavy atom. The number of anilines is 1. The maximum atomic E-state index is 3.61. The minimum absolute atomic E-state index is 0.487. The molecule has 2 nitrogen and oxygen atoms in total. The standard InChI is InChI=1S/C13H20N2/c1-11-7-6-10-15(2)13(11)14-12-8-4-3-5-9-12/h3-5,8-9,11,13-14H,6-7,10H2,1-2H3. The molecule has 0 amide bonds. The molecule has 82 valence electrons. The van der Waals surface area contributed by atoms with Gasteiger partial charge in [0.25, 0.3) is 0 Å². The second-order valence-corrected chi connectivity index (χ2v) is 4.56. The van der Waals surface area contributed by atoms with E-state index in [1.165, 1.54) is 25.1 Å². The molecule has 2 unspecified atom stereocenters. The Labute approximate surface area is 92.3 Å². The Bertz CT molecular complexity index is 287. The van der Waals surface area contributed by atoms with Gasteiger partial charge < -0.3 is 5.32 Å². The van der Waals surface area contributed by atoms with Crippen molar-refractivity contribution < 1.29 is 0 Å². The molecular weight excluding hydrogens is 184 g/mol. The van der Waals surface area contributed by atoms with Gasteiger partial charge in [-0.25, -0.2) is 0 Å². The van der Waals surface area contributed by atoms with Crippen LogP contribution in [0.5, 0.6) is 0 Å². The zero-order valence-electron chi connectivity index (χ0n) is 9.61. The van der Waals surface area contributed by atoms with Crippen molar-refractivity contribution in [2.75, 3.05) is 18.9 Å². The molecule has 2 atom stereocenters. The lowest BCUT2D eigenvalue weighted by Crippen LogP contribution is -2.46. The van der Waals surface area contributed by atoms with E-state index in [1.807, 2.05) is 0 Å². The van der Waals surface area contributed by atoms with Gasteiger partial charge in [0, 0.05) is 5.69 Å². The first-order chi connectivity index (χ1) is 7.27. The van der Waals surface area contributed by atoms with E-state index in [-0.39, 0.29) is 0 Å². The highest BCUT2D eigenvalue weighted by molar-refractivity contribution is 5.43. The van der Waals surface area contributed by atoms with Gasteiger partial charge in [0.15, 0.2) is 0 Å². The van der Waals surface area contributed by atoms with Gasteiger partial charge in [-0.1, -0.05) is 25.1 Å². The molecular formula is C13H20N2. The largest absolute Gasteiger partial charge is 0.369 e. The number of piperidine rings is 1. The third kappa shape index (κ3) is 2.51. The van der Waals surface area contributed by atoms with Crippen LogP contribution in [0.15, 0.2) is 30.3 Å². The molecule has 0 radical (unpaired) electrons. The number of hydrogen-bond donors (Lipinski definition) is 1. The van der Waals surface area contributed by atoms with Crippen molar-refractivity contribution in [3.63, 3.8) is 0 Å². The van der Waals surface area contributed by atoms with Crippen molar-refractivity contribution in [3.8, 4) is 0 Å². The van der Waals surface area contributed by atoms with Gasteiger partial charge in [-0.2, -0.15) is 0 Å². The van der Waals surface area contributed by atoms with E-state index >= 15 is 0 Å². The number of para-hydroxylation sites is 1. The lowest BCUT2D eigenvalue weighted by Gasteiger charge is -2.38. The molecule has 2 rings (SSSR count). The number of nitrogens with one attached hydrogen (secondary N) is 1. The maximum Gasteiger partial charge on any atom is 0.0816 e. The molecule has 0 bridgehead atoms. The quantitative estimate of drug-likeness (QED) is 0.797. The Balaban J connectivity index is 2.03. The van der Waals surface area contributed by atoms with Crippen LogP contribution in [0, 0.1) is 5.92 Å². The molecule has 2 heteroatoms. The lowest BCUT2D eigenvalue weighted by atomic mass is 9.96. The Hall–Kier alpha value is -1.02. The molecule has 0 aliphatic carbocycles. The van der Waals surface area contributed by atoms with E-state index in [0.29, 0.717) is 6.17 Å². The van der Waals surface area contributed by atoms with Crippen molar-refractivity contribution in [2.24, 2.45) is 5.92 Å². The first-order valence-corrected chi connectivity index (χ1v) is 5.79. The van der Waals surface area contributed by atoms with Crippen molar-refractivity contribution >= 4 is 5.69 Å². The van der Waals surface area contributed by atoms with Crippen LogP contribution in [-0.4, -0.2) is 24.7 Å². The number of nitrogens with zero attached hydrogens (tertiary/aromatic N) is 1. The molecule has 1 aromatic carbocycles. The normalized spacial score (nSPS) is 27.6. The number of hydrogen-bond acceptors (Lipinski definition) is 2. The summed E-state index contributed by atoms with van der Waals surface area (Å²) >= 11 is 0. The van der Waals surface area contributed by atoms with E-state index in [4.69, 9.17) is 0 Å². The van der Waals surface area contributed by atoms with E-state index in [9.17, 15) is 0 Å². The maximum absolute atomic E-state index is 3.61. The second kappa shape index (κ2) is 4.67. The number of rotatable bonds is 2. The zero-order chi connectivity index (χ0) is 10.7. The lowest BCUT2D eigenvalue weighted by molar-refractivity contribution is 0.151. The number of benzene rings is 1. The predicted octanol–water partition coefficient (Wildman–Crippen LogP) is 2.79. The first-order valence-electron chi connectivity index (χ1n) is 5.79. The smallest absolute Gasteiger partial charge is 0.0816 e. The van der Waals surface area contributed by atoms with Crippen LogP contribution in [0.25, 0.3) is 0 Å². The molecule has 1 aliphatic heterocycles. The molecule has 1 fully saturated rings. The molecule has 1 aromatic rings. The fraction of sp³-hybridized carbons (Fsp3) is 0.538. The summed E-state index contributed by atoms with van der Waals surface area (Å²) in [7, 11) is 2.20. The Morgan fingerprint density at radius 3 is 2.67 bits per heavy atom. The second-order valence-electron chi connectivity index (χ2n) is 4.56. The van der Waals surface area contributed by atoms with E-state index in [2.05, 4.69) is 54.5 Å². The van der Waals surface area contributed by atoms with Crippen molar-refractivity contribution in [3.05, 3.63) is 30.3 Å². The average molecular weight is 204 g/mol. The zero-order valence-corrected chi connectivity index (χ0v) is 9.61. The van der Waals surface area contributed by atoms with Gasteiger partial charge in [-0.15, -0.1) is 0 Å². The topological polar surface area (TPSA) is 15.3 Å². The highest BCUT2D eigenvalue weighted by atomic mass is 15.3. The minimum Gasteiger partial charge on any atom is -0.369 e. The van der Waals surface area contributed by atoms with Gasteiger partial charge >= 0.3 is 0 Å². The monoisotopic (exact) mass is 204 g/mol. The molecule has 1 heterocycles. The summed E-state index contributed by atoms with van der Waals surface area (Å²) < 4.78 is 0. The van der Waals surface area contributed by atoms with Crippen molar-refractivity contribution in [1.29, 1.82) is 0 Å². The summed E-state index contributed by atoms with van der Waals surface area (Å²) in [4.78, 5) is 2.42. The molecule has 0 aromatic heterocycles. The van der Waals surface area contributed by atoms with Gasteiger partial charge in [0.2, 0.25) is 0 Å². The first kappa shape index (κ1) is 10.5. The van der Waals surface area contributed by atoms with Crippen LogP contribution in [0.2, 0.25) is 0 Å². The highest BCUT2D eigenvalue weighted by Gasteiger charge is 2.25. The fourth-order valence-electron chi connectivity index (χ4n) is 2.35. The fourth-order valence-corrected chi connectivity index (χ4v) is 2.35. The highest BCUT2D eigenvalue weighted by Crippen LogP contribution is 2.23. The van der Waals surface area contributed by atoms with E-state index in [1.54, 1.807) is 0 Å². The average Bonchev–Trinajstić information content (AvgIpc) is 2.25. The Kier molecular flexibility index (Phi) is 3.27. The Morgan fingerprint density at radius 2 is 2.00 bits per heavy atom. The number of likely N-dealkylation sites (tertiary alicyclic amines) is 1. The van der Waals surface area contributed by atoms with Crippen LogP contribution in [0.1, 0.15) is 19.8 Å². The minimum atomic E-state index is 0.487. The SMILES string of the molecule is CC1CCCN(C)C1Nc1ccccc1. The van der Waals surface area contributed by atoms with Crippen LogP contribution in [0.3, 0.4) is 0 Å². The molecule has 0 spiro atoms. The van der Waals surface area contributed by atoms with Crippen molar-refractivity contribution in [1.82, 2.24) is 4.90 Å². The molecule has 1 aliphatic rings. The van der Waals surface area contributed by atoms with Crippen LogP contribution >= 0.6 is 0 Å². The van der Waals surface area contributed by atoms with E-state index in [0.717, 1.165) is 5.92 Å². The summed E-state index contributed by atoms with van der Waals surface area (Å²) in [6, 6.07) is 10.5. The van der Waals surface area contributed by atoms with Gasteiger partial charge in [-0.05, 0) is 44.5 Å². The molecule has 1 saturated heterocycles. The van der Waals surface area contributed by atoms with Crippen LogP contribution < -0.4 is 5.32 Å². The van der Waals surface area contributed by atoms with Crippen molar-refractivity contribution in [2.45, 2.75) is 25.9 Å². The van der Waals surface area contributed by atoms with Gasteiger partial charge in [0.05, 0.1) is 6.17 Å². The predicted molar refractivity (Wildman–Crippen MR) is 64.9 cm³/mol. The molecule has 15 heavy (non-hydrogen) atoms. The molecule has 0 saturated carbocycles. The summed E-state index contributed by atoms with van der Waals surface area (Å²) in [6.45, 7) is 3.53. The summed E-state index contributed by atoms with van der Waals surface area (Å²) in [6.07, 6.45) is 3.14. The third-order valence-electron chi connectivity index (χ3n) is 3.27. The van der Waals surface area contributed by atoms with E-state index < -0.39 is 0 Å². The van der Waals surface area contributed by atoms with Gasteiger partial charge in [0.1, 0.15) is 0 Å². The summed E-state index contributed by atoms with van der Waals surface area (Å²) in [5.41, 5.74) is 1.23. The summed E-state index contributed by atoms with van der Waals surface area (Å²) in [5.74, 6) is 0.726. The van der Waals surface area contributed by atoms with Crippen LogP contribution in [0.4, 0.5) is 5.69 Å². The van der Waals surface area contributed by atoms with Crippen LogP contribution in [-0.2, 0) is 0 Å². The summed E-state index contributed by atoms with van der Waals surface area (Å²) in [5, 5.41) is 3.61. The molecule has 1 N–H and O–H groups in total.